The van der Waals surface area contributed by atoms with E-state index in [2.05, 4.69) is 0 Å². The maximum atomic E-state index is 13.8. The number of anilines is 2. The van der Waals surface area contributed by atoms with E-state index in [1.807, 2.05) is 29.3 Å². The van der Waals surface area contributed by atoms with Gasteiger partial charge in [0, 0.05) is 18.0 Å². The number of halogens is 1. The first-order chi connectivity index (χ1) is 9.41. The highest BCUT2D eigenvalue weighted by molar-refractivity contribution is 7.10. The smallest absolute Gasteiger partial charge is 0.338 e. The molecule has 0 radical (unpaired) electrons. The Labute approximate surface area is 120 Å². The Bertz CT molecular complexity index is 628. The van der Waals surface area contributed by atoms with Crippen LogP contribution in [0.4, 0.5) is 15.8 Å². The van der Waals surface area contributed by atoms with E-state index in [-0.39, 0.29) is 11.7 Å². The van der Waals surface area contributed by atoms with Gasteiger partial charge in [-0.2, -0.15) is 0 Å². The standard InChI is InChI=1S/C14H15FN2O2S/c1-8(13-4-3-5-20-13)17(2)12-7-10(15)9(14(18)19)6-11(12)16/h3-8H,16H2,1-2H3,(H,18,19). The van der Waals surface area contributed by atoms with Crippen molar-refractivity contribution in [2.75, 3.05) is 17.7 Å². The Hall–Kier alpha value is -2.08. The van der Waals surface area contributed by atoms with Crippen LogP contribution in [0, 0.1) is 5.82 Å². The van der Waals surface area contributed by atoms with Gasteiger partial charge in [0.1, 0.15) is 5.82 Å². The molecule has 1 atom stereocenters. The number of nitrogens with zero attached hydrogens (tertiary/aromatic N) is 1. The van der Waals surface area contributed by atoms with Crippen LogP contribution in [0.15, 0.2) is 29.6 Å². The fraction of sp³-hybridized carbons (Fsp3) is 0.214. The number of nitrogens with two attached hydrogens (primary N) is 1. The Morgan fingerprint density at radius 2 is 2.20 bits per heavy atom. The van der Waals surface area contributed by atoms with E-state index in [1.54, 1.807) is 18.4 Å². The average molecular weight is 294 g/mol. The van der Waals surface area contributed by atoms with Crippen LogP contribution in [0.3, 0.4) is 0 Å². The van der Waals surface area contributed by atoms with Gasteiger partial charge in [-0.3, -0.25) is 0 Å². The number of carboxylic acids is 1. The molecule has 4 nitrogen and oxygen atoms in total. The maximum Gasteiger partial charge on any atom is 0.338 e. The molecular weight excluding hydrogens is 279 g/mol. The largest absolute Gasteiger partial charge is 0.478 e. The number of benzene rings is 1. The summed E-state index contributed by atoms with van der Waals surface area (Å²) in [5.41, 5.74) is 6.16. The summed E-state index contributed by atoms with van der Waals surface area (Å²) in [6.45, 7) is 1.98. The molecular formula is C14H15FN2O2S. The molecule has 106 valence electrons. The molecule has 0 spiro atoms. The Kier molecular flexibility index (Phi) is 3.94. The van der Waals surface area contributed by atoms with Crippen LogP contribution < -0.4 is 10.6 Å². The first kappa shape index (κ1) is 14.3. The Morgan fingerprint density at radius 1 is 1.50 bits per heavy atom. The van der Waals surface area contributed by atoms with Gasteiger partial charge in [-0.05, 0) is 24.4 Å². The van der Waals surface area contributed by atoms with Crippen LogP contribution in [0.25, 0.3) is 0 Å². The maximum absolute atomic E-state index is 13.8. The number of carboxylic acid groups (broad SMARTS) is 1. The van der Waals surface area contributed by atoms with E-state index < -0.39 is 17.3 Å². The van der Waals surface area contributed by atoms with Crippen molar-refractivity contribution < 1.29 is 14.3 Å². The molecule has 3 N–H and O–H groups in total. The zero-order valence-electron chi connectivity index (χ0n) is 11.1. The number of thiophene rings is 1. The number of nitrogen functional groups attached to an aromatic ring is 1. The van der Waals surface area contributed by atoms with E-state index in [4.69, 9.17) is 10.8 Å². The predicted molar refractivity (Wildman–Crippen MR) is 78.9 cm³/mol. The molecule has 1 unspecified atom stereocenters. The highest BCUT2D eigenvalue weighted by atomic mass is 32.1. The quantitative estimate of drug-likeness (QED) is 0.848. The first-order valence-electron chi connectivity index (χ1n) is 6.00. The first-order valence-corrected chi connectivity index (χ1v) is 6.88. The summed E-state index contributed by atoms with van der Waals surface area (Å²) in [5.74, 6) is -2.11. The van der Waals surface area contributed by atoms with E-state index in [0.717, 1.165) is 10.9 Å². The molecule has 0 aliphatic carbocycles. The minimum atomic E-state index is -1.32. The van der Waals surface area contributed by atoms with Gasteiger partial charge >= 0.3 is 5.97 Å². The zero-order chi connectivity index (χ0) is 14.9. The third-order valence-corrected chi connectivity index (χ3v) is 4.31. The molecule has 1 heterocycles. The fourth-order valence-electron chi connectivity index (χ4n) is 1.98. The number of hydrogen-bond acceptors (Lipinski definition) is 4. The van der Waals surface area contributed by atoms with Crippen LogP contribution in [-0.2, 0) is 0 Å². The molecule has 0 aliphatic rings. The second-order valence-electron chi connectivity index (χ2n) is 4.50. The lowest BCUT2D eigenvalue weighted by atomic mass is 10.1. The van der Waals surface area contributed by atoms with Gasteiger partial charge in [0.05, 0.1) is 23.0 Å². The molecule has 2 aromatic rings. The second kappa shape index (κ2) is 5.50. The lowest BCUT2D eigenvalue weighted by Gasteiger charge is -2.27. The van der Waals surface area contributed by atoms with Gasteiger partial charge in [-0.15, -0.1) is 11.3 Å². The summed E-state index contributed by atoms with van der Waals surface area (Å²) in [6.07, 6.45) is 0. The molecule has 0 saturated heterocycles. The van der Waals surface area contributed by atoms with Gasteiger partial charge in [0.25, 0.3) is 0 Å². The monoisotopic (exact) mass is 294 g/mol. The van der Waals surface area contributed by atoms with Crippen LogP contribution in [-0.4, -0.2) is 18.1 Å². The summed E-state index contributed by atoms with van der Waals surface area (Å²) in [4.78, 5) is 13.8. The molecule has 1 aromatic heterocycles. The number of aromatic carboxylic acids is 1. The van der Waals surface area contributed by atoms with Crippen LogP contribution in [0.1, 0.15) is 28.2 Å². The predicted octanol–water partition coefficient (Wildman–Crippen LogP) is 3.37. The minimum absolute atomic E-state index is 0.0207. The number of carbonyl (C=O) groups is 1. The lowest BCUT2D eigenvalue weighted by molar-refractivity contribution is 0.0692. The average Bonchev–Trinajstić information content (AvgIpc) is 2.93. The van der Waals surface area contributed by atoms with E-state index in [9.17, 15) is 9.18 Å². The fourth-order valence-corrected chi connectivity index (χ4v) is 2.80. The summed E-state index contributed by atoms with van der Waals surface area (Å²) in [5, 5.41) is 10.8. The van der Waals surface area contributed by atoms with Gasteiger partial charge in [-0.1, -0.05) is 6.07 Å². The molecule has 0 aliphatic heterocycles. The van der Waals surface area contributed by atoms with Crippen molar-refractivity contribution in [3.63, 3.8) is 0 Å². The molecule has 20 heavy (non-hydrogen) atoms. The normalized spacial score (nSPS) is 12.2. The number of hydrogen-bond donors (Lipinski definition) is 2. The third-order valence-electron chi connectivity index (χ3n) is 3.26. The van der Waals surface area contributed by atoms with Crippen molar-refractivity contribution in [2.24, 2.45) is 0 Å². The molecule has 2 rings (SSSR count). The lowest BCUT2D eigenvalue weighted by Crippen LogP contribution is -2.22. The van der Waals surface area contributed by atoms with Gasteiger partial charge < -0.3 is 15.7 Å². The topological polar surface area (TPSA) is 66.6 Å². The SMILES string of the molecule is CC(c1cccs1)N(C)c1cc(F)c(C(=O)O)cc1N. The van der Waals surface area contributed by atoms with Gasteiger partial charge in [-0.25, -0.2) is 9.18 Å². The summed E-state index contributed by atoms with van der Waals surface area (Å²) >= 11 is 1.60. The van der Waals surface area contributed by atoms with Crippen molar-refractivity contribution in [1.82, 2.24) is 0 Å². The molecule has 0 saturated carbocycles. The van der Waals surface area contributed by atoms with Crippen molar-refractivity contribution >= 4 is 28.7 Å². The van der Waals surface area contributed by atoms with Crippen molar-refractivity contribution in [3.8, 4) is 0 Å². The Morgan fingerprint density at radius 3 is 2.75 bits per heavy atom. The van der Waals surface area contributed by atoms with E-state index in [1.165, 1.54) is 6.07 Å². The molecule has 0 amide bonds. The zero-order valence-corrected chi connectivity index (χ0v) is 11.9. The molecule has 6 heteroatoms. The third kappa shape index (κ3) is 2.60. The summed E-state index contributed by atoms with van der Waals surface area (Å²) in [7, 11) is 1.80. The molecule has 0 fully saturated rings. The Balaban J connectivity index is 2.38. The highest BCUT2D eigenvalue weighted by Gasteiger charge is 2.19. The number of rotatable bonds is 4. The molecule has 1 aromatic carbocycles. The summed E-state index contributed by atoms with van der Waals surface area (Å²) < 4.78 is 13.8. The van der Waals surface area contributed by atoms with Crippen molar-refractivity contribution in [1.29, 1.82) is 0 Å². The van der Waals surface area contributed by atoms with Gasteiger partial charge in [0.2, 0.25) is 0 Å². The van der Waals surface area contributed by atoms with E-state index in [0.29, 0.717) is 5.69 Å². The second-order valence-corrected chi connectivity index (χ2v) is 5.48. The van der Waals surface area contributed by atoms with E-state index >= 15 is 0 Å². The minimum Gasteiger partial charge on any atom is -0.478 e. The highest BCUT2D eigenvalue weighted by Crippen LogP contribution is 2.33. The molecule has 0 bridgehead atoms. The van der Waals surface area contributed by atoms with Crippen molar-refractivity contribution in [2.45, 2.75) is 13.0 Å². The summed E-state index contributed by atoms with van der Waals surface area (Å²) in [6, 6.07) is 6.28. The van der Waals surface area contributed by atoms with Crippen LogP contribution in [0.5, 0.6) is 0 Å². The van der Waals surface area contributed by atoms with Crippen LogP contribution in [0.2, 0.25) is 0 Å². The van der Waals surface area contributed by atoms with Gasteiger partial charge in [0.15, 0.2) is 0 Å². The van der Waals surface area contributed by atoms with Crippen molar-refractivity contribution in [3.05, 3.63) is 45.9 Å². The van der Waals surface area contributed by atoms with Crippen LogP contribution >= 0.6 is 11.3 Å².